The fraction of sp³-hybridized carbons (Fsp3) is 0.350. The monoisotopic (exact) mass is 328 g/mol. The van der Waals surface area contributed by atoms with Crippen LogP contribution < -0.4 is 9.47 Å². The molecule has 4 nitrogen and oxygen atoms in total. The van der Waals surface area contributed by atoms with Gasteiger partial charge in [0.25, 0.3) is 0 Å². The first-order chi connectivity index (χ1) is 11.6. The van der Waals surface area contributed by atoms with Gasteiger partial charge in [0.15, 0.2) is 0 Å². The van der Waals surface area contributed by atoms with E-state index < -0.39 is 11.9 Å². The zero-order chi connectivity index (χ0) is 17.5. The molecule has 128 valence electrons. The van der Waals surface area contributed by atoms with E-state index >= 15 is 0 Å². The lowest BCUT2D eigenvalue weighted by Crippen LogP contribution is -2.15. The van der Waals surface area contributed by atoms with Gasteiger partial charge in [-0.25, -0.2) is 0 Å². The van der Waals surface area contributed by atoms with Crippen LogP contribution in [0.25, 0.3) is 0 Å². The maximum absolute atomic E-state index is 11.8. The number of carboxylic acids is 1. The van der Waals surface area contributed by atoms with Gasteiger partial charge >= 0.3 is 5.97 Å². The summed E-state index contributed by atoms with van der Waals surface area (Å²) in [6, 6.07) is 13.2. The average Bonchev–Trinajstić information content (AvgIpc) is 2.60. The van der Waals surface area contributed by atoms with Gasteiger partial charge in [0.05, 0.1) is 19.6 Å². The van der Waals surface area contributed by atoms with Crippen LogP contribution in [-0.4, -0.2) is 24.8 Å². The van der Waals surface area contributed by atoms with Crippen LogP contribution in [0.2, 0.25) is 0 Å². The lowest BCUT2D eigenvalue weighted by Gasteiger charge is -2.16. The summed E-state index contributed by atoms with van der Waals surface area (Å²) in [5, 5.41) is 9.66. The molecule has 1 atom stereocenters. The number of rotatable bonds is 8. The fourth-order valence-electron chi connectivity index (χ4n) is 2.76. The molecule has 2 rings (SSSR count). The van der Waals surface area contributed by atoms with E-state index in [1.54, 1.807) is 7.11 Å². The summed E-state index contributed by atoms with van der Waals surface area (Å²) in [5.74, 6) is 0.188. The zero-order valence-electron chi connectivity index (χ0n) is 14.4. The van der Waals surface area contributed by atoms with Crippen molar-refractivity contribution in [2.45, 2.75) is 32.6 Å². The van der Waals surface area contributed by atoms with Crippen molar-refractivity contribution in [1.29, 1.82) is 0 Å². The molecular weight excluding hydrogens is 304 g/mol. The van der Waals surface area contributed by atoms with Gasteiger partial charge in [-0.05, 0) is 54.7 Å². The molecule has 0 fully saturated rings. The molecule has 0 aliphatic heterocycles. The first kappa shape index (κ1) is 17.9. The van der Waals surface area contributed by atoms with Crippen molar-refractivity contribution in [2.24, 2.45) is 0 Å². The first-order valence-corrected chi connectivity index (χ1v) is 8.20. The van der Waals surface area contributed by atoms with E-state index in [1.807, 2.05) is 56.3 Å². The van der Waals surface area contributed by atoms with Crippen molar-refractivity contribution in [1.82, 2.24) is 0 Å². The van der Waals surface area contributed by atoms with Crippen LogP contribution in [0.5, 0.6) is 11.5 Å². The summed E-state index contributed by atoms with van der Waals surface area (Å²) in [6.45, 7) is 4.58. The quantitative estimate of drug-likeness (QED) is 0.794. The molecular formula is C20H24O4. The van der Waals surface area contributed by atoms with Gasteiger partial charge in [-0.2, -0.15) is 0 Å². The highest BCUT2D eigenvalue weighted by Gasteiger charge is 2.21. The average molecular weight is 328 g/mol. The van der Waals surface area contributed by atoms with E-state index in [2.05, 4.69) is 0 Å². The second-order valence-corrected chi connectivity index (χ2v) is 5.60. The van der Waals surface area contributed by atoms with Crippen molar-refractivity contribution in [3.8, 4) is 11.5 Å². The second-order valence-electron chi connectivity index (χ2n) is 5.60. The first-order valence-electron chi connectivity index (χ1n) is 8.20. The number of hydrogen-bond donors (Lipinski definition) is 1. The number of benzene rings is 2. The third-order valence-corrected chi connectivity index (χ3v) is 4.06. The summed E-state index contributed by atoms with van der Waals surface area (Å²) in [5.41, 5.74) is 2.79. The van der Waals surface area contributed by atoms with Crippen LogP contribution in [0, 0.1) is 0 Å². The smallest absolute Gasteiger partial charge is 0.311 e. The predicted octanol–water partition coefficient (Wildman–Crippen LogP) is 4.07. The summed E-state index contributed by atoms with van der Waals surface area (Å²) in [7, 11) is 1.63. The van der Waals surface area contributed by atoms with Crippen molar-refractivity contribution in [3.05, 3.63) is 59.2 Å². The van der Waals surface area contributed by atoms with E-state index in [9.17, 15) is 9.90 Å². The molecule has 0 spiro atoms. The number of aryl methyl sites for hydroxylation is 1. The third-order valence-electron chi connectivity index (χ3n) is 4.06. The Balaban J connectivity index is 2.24. The number of hydrogen-bond acceptors (Lipinski definition) is 3. The van der Waals surface area contributed by atoms with E-state index in [-0.39, 0.29) is 0 Å². The van der Waals surface area contributed by atoms with E-state index in [1.165, 1.54) is 0 Å². The normalized spacial score (nSPS) is 11.8. The highest BCUT2D eigenvalue weighted by molar-refractivity contribution is 5.76. The molecule has 0 aliphatic rings. The van der Waals surface area contributed by atoms with Crippen LogP contribution >= 0.6 is 0 Å². The second kappa shape index (κ2) is 8.39. The maximum atomic E-state index is 11.8. The van der Waals surface area contributed by atoms with E-state index in [4.69, 9.17) is 9.47 Å². The Labute approximate surface area is 143 Å². The lowest BCUT2D eigenvalue weighted by atomic mass is 9.90. The summed E-state index contributed by atoms with van der Waals surface area (Å²) >= 11 is 0. The topological polar surface area (TPSA) is 55.8 Å². The van der Waals surface area contributed by atoms with Crippen LogP contribution in [0.4, 0.5) is 0 Å². The Hall–Kier alpha value is -2.49. The molecule has 0 aromatic heterocycles. The number of carbonyl (C=O) groups is 1. The largest absolute Gasteiger partial charge is 0.496 e. The maximum Gasteiger partial charge on any atom is 0.311 e. The SMILES string of the molecule is CCOc1ccc(CC(C(=O)O)c2ccc(OC)c(CC)c2)cc1. The van der Waals surface area contributed by atoms with Crippen molar-refractivity contribution in [2.75, 3.05) is 13.7 Å². The molecule has 1 N–H and O–H groups in total. The van der Waals surface area contributed by atoms with Crippen LogP contribution in [0.1, 0.15) is 36.5 Å². The molecule has 0 aliphatic carbocycles. The molecule has 24 heavy (non-hydrogen) atoms. The van der Waals surface area contributed by atoms with Gasteiger partial charge in [-0.15, -0.1) is 0 Å². The van der Waals surface area contributed by atoms with Gasteiger partial charge in [0.1, 0.15) is 11.5 Å². The number of methoxy groups -OCH3 is 1. The Morgan fingerprint density at radius 3 is 2.38 bits per heavy atom. The highest BCUT2D eigenvalue weighted by atomic mass is 16.5. The van der Waals surface area contributed by atoms with Crippen molar-refractivity contribution >= 4 is 5.97 Å². The highest BCUT2D eigenvalue weighted by Crippen LogP contribution is 2.28. The molecule has 1 unspecified atom stereocenters. The minimum atomic E-state index is -0.823. The van der Waals surface area contributed by atoms with E-state index in [0.717, 1.165) is 34.6 Å². The van der Waals surface area contributed by atoms with Crippen LogP contribution in [0.3, 0.4) is 0 Å². The van der Waals surface area contributed by atoms with Crippen LogP contribution in [-0.2, 0) is 17.6 Å². The Morgan fingerprint density at radius 2 is 1.83 bits per heavy atom. The Bertz CT molecular complexity index is 677. The zero-order valence-corrected chi connectivity index (χ0v) is 14.4. The van der Waals surface area contributed by atoms with Crippen molar-refractivity contribution in [3.63, 3.8) is 0 Å². The lowest BCUT2D eigenvalue weighted by molar-refractivity contribution is -0.138. The summed E-state index contributed by atoms with van der Waals surface area (Å²) < 4.78 is 10.7. The summed E-state index contributed by atoms with van der Waals surface area (Å²) in [6.07, 6.45) is 1.24. The van der Waals surface area contributed by atoms with Gasteiger partial charge in [0.2, 0.25) is 0 Å². The fourth-order valence-corrected chi connectivity index (χ4v) is 2.76. The van der Waals surface area contributed by atoms with Gasteiger partial charge in [0, 0.05) is 0 Å². The molecule has 0 bridgehead atoms. The Morgan fingerprint density at radius 1 is 1.12 bits per heavy atom. The predicted molar refractivity (Wildman–Crippen MR) is 94.1 cm³/mol. The third kappa shape index (κ3) is 4.28. The molecule has 2 aromatic carbocycles. The Kier molecular flexibility index (Phi) is 6.24. The molecule has 2 aromatic rings. The molecule has 0 saturated carbocycles. The standard InChI is InChI=1S/C20H24O4/c1-4-15-13-16(8-11-19(15)23-3)18(20(21)22)12-14-6-9-17(10-7-14)24-5-2/h6-11,13,18H,4-5,12H2,1-3H3,(H,21,22). The minimum Gasteiger partial charge on any atom is -0.496 e. The molecule has 0 amide bonds. The van der Waals surface area contributed by atoms with Gasteiger partial charge < -0.3 is 14.6 Å². The minimum absolute atomic E-state index is 0.442. The van der Waals surface area contributed by atoms with Crippen molar-refractivity contribution < 1.29 is 19.4 Å². The number of aliphatic carboxylic acids is 1. The van der Waals surface area contributed by atoms with Gasteiger partial charge in [-0.1, -0.05) is 31.2 Å². The van der Waals surface area contributed by atoms with E-state index in [0.29, 0.717) is 13.0 Å². The van der Waals surface area contributed by atoms with Crippen LogP contribution in [0.15, 0.2) is 42.5 Å². The van der Waals surface area contributed by atoms with Gasteiger partial charge in [-0.3, -0.25) is 4.79 Å². The summed E-state index contributed by atoms with van der Waals surface area (Å²) in [4.78, 5) is 11.8. The molecule has 4 heteroatoms. The molecule has 0 radical (unpaired) electrons. The number of ether oxygens (including phenoxy) is 2. The molecule has 0 heterocycles. The number of carboxylic acid groups (broad SMARTS) is 1. The molecule has 0 saturated heterocycles.